The van der Waals surface area contributed by atoms with Gasteiger partial charge in [-0.05, 0) is 59.5 Å². The molecule has 0 atom stereocenters. The van der Waals surface area contributed by atoms with Crippen LogP contribution in [0.5, 0.6) is 11.5 Å². The van der Waals surface area contributed by atoms with Crippen LogP contribution in [0.25, 0.3) is 0 Å². The number of anilines is 2. The summed E-state index contributed by atoms with van der Waals surface area (Å²) in [6.07, 6.45) is 0. The molecule has 0 aliphatic carbocycles. The number of rotatable bonds is 7. The molecule has 3 aromatic rings. The number of nitrogens with one attached hydrogen (secondary N) is 1. The van der Waals surface area contributed by atoms with Gasteiger partial charge in [-0.2, -0.15) is 0 Å². The number of benzene rings is 3. The number of hydrogen-bond acceptors (Lipinski definition) is 7. The third kappa shape index (κ3) is 5.84. The standard InChI is InChI=1S/C28H31N3O6/c1-18(2)23-15-24(26(33)16-25(23)32)28(35)31(17-19-3-5-20(6-4-19)27(34)29-36)22-9-7-21(8-10-22)30-11-13-37-14-12-30/h3-10,15-16,18,32-33,36H,11-14,17H2,1-2H3,(H,29,34). The molecule has 37 heavy (non-hydrogen) atoms. The number of amides is 2. The molecule has 0 saturated carbocycles. The predicted octanol–water partition coefficient (Wildman–Crippen LogP) is 4.02. The number of phenolic OH excluding ortho intramolecular Hbond substituents is 2. The summed E-state index contributed by atoms with van der Waals surface area (Å²) in [6, 6.07) is 16.9. The van der Waals surface area contributed by atoms with Crippen LogP contribution in [0.1, 0.15) is 51.6 Å². The van der Waals surface area contributed by atoms with Crippen LogP contribution >= 0.6 is 0 Å². The van der Waals surface area contributed by atoms with E-state index in [-0.39, 0.29) is 35.1 Å². The molecule has 0 spiro atoms. The normalized spacial score (nSPS) is 13.5. The number of morpholine rings is 1. The van der Waals surface area contributed by atoms with Gasteiger partial charge in [0.25, 0.3) is 11.8 Å². The number of aromatic hydroxyl groups is 2. The van der Waals surface area contributed by atoms with Gasteiger partial charge in [0, 0.05) is 36.1 Å². The summed E-state index contributed by atoms with van der Waals surface area (Å²) < 4.78 is 5.43. The Morgan fingerprint density at radius 3 is 2.22 bits per heavy atom. The summed E-state index contributed by atoms with van der Waals surface area (Å²) in [7, 11) is 0. The third-order valence-corrected chi connectivity index (χ3v) is 6.44. The van der Waals surface area contributed by atoms with E-state index in [1.165, 1.54) is 12.1 Å². The number of hydroxylamine groups is 1. The summed E-state index contributed by atoms with van der Waals surface area (Å²) in [4.78, 5) is 29.3. The number of ether oxygens (including phenoxy) is 1. The number of carbonyl (C=O) groups is 2. The lowest BCUT2D eigenvalue weighted by molar-refractivity contribution is 0.0706. The van der Waals surface area contributed by atoms with E-state index in [9.17, 15) is 19.8 Å². The van der Waals surface area contributed by atoms with Crippen molar-refractivity contribution in [2.45, 2.75) is 26.3 Å². The van der Waals surface area contributed by atoms with Gasteiger partial charge in [-0.1, -0.05) is 26.0 Å². The van der Waals surface area contributed by atoms with Crippen molar-refractivity contribution in [2.24, 2.45) is 0 Å². The lowest BCUT2D eigenvalue weighted by Gasteiger charge is -2.30. The molecule has 0 bridgehead atoms. The van der Waals surface area contributed by atoms with E-state index in [4.69, 9.17) is 9.94 Å². The summed E-state index contributed by atoms with van der Waals surface area (Å²) in [5, 5.41) is 29.7. The molecule has 9 nitrogen and oxygen atoms in total. The molecular formula is C28H31N3O6. The third-order valence-electron chi connectivity index (χ3n) is 6.44. The molecule has 1 aliphatic heterocycles. The summed E-state index contributed by atoms with van der Waals surface area (Å²) in [5.41, 5.74) is 4.90. The first-order valence-corrected chi connectivity index (χ1v) is 12.1. The van der Waals surface area contributed by atoms with Crippen LogP contribution in [0, 0.1) is 0 Å². The fourth-order valence-corrected chi connectivity index (χ4v) is 4.33. The fraction of sp³-hybridized carbons (Fsp3) is 0.286. The highest BCUT2D eigenvalue weighted by Gasteiger charge is 2.24. The lowest BCUT2D eigenvalue weighted by atomic mass is 9.98. The lowest BCUT2D eigenvalue weighted by Crippen LogP contribution is -2.36. The topological polar surface area (TPSA) is 123 Å². The Balaban J connectivity index is 1.69. The van der Waals surface area contributed by atoms with Crippen molar-refractivity contribution in [1.82, 2.24) is 5.48 Å². The first-order valence-electron chi connectivity index (χ1n) is 12.1. The zero-order chi connectivity index (χ0) is 26.5. The minimum Gasteiger partial charge on any atom is -0.508 e. The van der Waals surface area contributed by atoms with Crippen molar-refractivity contribution in [3.05, 3.63) is 82.9 Å². The smallest absolute Gasteiger partial charge is 0.274 e. The van der Waals surface area contributed by atoms with Crippen LogP contribution in [0.4, 0.5) is 11.4 Å². The monoisotopic (exact) mass is 505 g/mol. The van der Waals surface area contributed by atoms with Gasteiger partial charge in [0.15, 0.2) is 0 Å². The SMILES string of the molecule is CC(C)c1cc(C(=O)N(Cc2ccc(C(=O)NO)cc2)c2ccc(N3CCOCC3)cc2)c(O)cc1O. The highest BCUT2D eigenvalue weighted by molar-refractivity contribution is 6.08. The molecule has 1 aliphatic rings. The first-order chi connectivity index (χ1) is 17.8. The van der Waals surface area contributed by atoms with Gasteiger partial charge in [0.05, 0.1) is 25.3 Å². The van der Waals surface area contributed by atoms with Crippen molar-refractivity contribution in [3.8, 4) is 11.5 Å². The van der Waals surface area contributed by atoms with Crippen molar-refractivity contribution in [3.63, 3.8) is 0 Å². The Morgan fingerprint density at radius 2 is 1.62 bits per heavy atom. The van der Waals surface area contributed by atoms with Crippen LogP contribution in [-0.4, -0.2) is 53.5 Å². The van der Waals surface area contributed by atoms with Gasteiger partial charge in [-0.3, -0.25) is 14.8 Å². The van der Waals surface area contributed by atoms with Crippen LogP contribution in [0.3, 0.4) is 0 Å². The average Bonchev–Trinajstić information content (AvgIpc) is 2.92. The maximum atomic E-state index is 13.8. The molecule has 3 aromatic carbocycles. The second-order valence-electron chi connectivity index (χ2n) is 9.23. The molecule has 0 aromatic heterocycles. The van der Waals surface area contributed by atoms with Crippen molar-refractivity contribution in [1.29, 1.82) is 0 Å². The van der Waals surface area contributed by atoms with Crippen molar-refractivity contribution in [2.75, 3.05) is 36.1 Å². The maximum Gasteiger partial charge on any atom is 0.274 e. The fourth-order valence-electron chi connectivity index (χ4n) is 4.33. The van der Waals surface area contributed by atoms with Crippen LogP contribution in [0.15, 0.2) is 60.7 Å². The van der Waals surface area contributed by atoms with E-state index in [1.807, 2.05) is 38.1 Å². The Morgan fingerprint density at radius 1 is 0.973 bits per heavy atom. The second-order valence-corrected chi connectivity index (χ2v) is 9.23. The van der Waals surface area contributed by atoms with Gasteiger partial charge in [-0.25, -0.2) is 5.48 Å². The zero-order valence-corrected chi connectivity index (χ0v) is 20.8. The second kappa shape index (κ2) is 11.3. The van der Waals surface area contributed by atoms with E-state index < -0.39 is 11.8 Å². The molecule has 0 radical (unpaired) electrons. The molecule has 0 unspecified atom stereocenters. The highest BCUT2D eigenvalue weighted by atomic mass is 16.5. The highest BCUT2D eigenvalue weighted by Crippen LogP contribution is 2.34. The van der Waals surface area contributed by atoms with Crippen LogP contribution < -0.4 is 15.3 Å². The molecule has 9 heteroatoms. The number of phenols is 2. The van der Waals surface area contributed by atoms with Crippen LogP contribution in [-0.2, 0) is 11.3 Å². The van der Waals surface area contributed by atoms with E-state index in [0.29, 0.717) is 24.5 Å². The molecule has 194 valence electrons. The largest absolute Gasteiger partial charge is 0.508 e. The molecule has 1 fully saturated rings. The molecular weight excluding hydrogens is 474 g/mol. The number of hydrogen-bond donors (Lipinski definition) is 4. The van der Waals surface area contributed by atoms with Crippen molar-refractivity contribution >= 4 is 23.2 Å². The minimum absolute atomic E-state index is 0.0568. The summed E-state index contributed by atoms with van der Waals surface area (Å²) in [6.45, 7) is 6.85. The van der Waals surface area contributed by atoms with E-state index in [2.05, 4.69) is 4.90 Å². The van der Waals surface area contributed by atoms with E-state index in [0.717, 1.165) is 24.3 Å². The van der Waals surface area contributed by atoms with E-state index >= 15 is 0 Å². The quantitative estimate of drug-likeness (QED) is 0.283. The molecule has 1 heterocycles. The van der Waals surface area contributed by atoms with Gasteiger partial charge in [0.1, 0.15) is 11.5 Å². The van der Waals surface area contributed by atoms with Gasteiger partial charge in [0.2, 0.25) is 0 Å². The Labute approximate surface area is 215 Å². The summed E-state index contributed by atoms with van der Waals surface area (Å²) in [5.74, 6) is -1.50. The minimum atomic E-state index is -0.631. The first kappa shape index (κ1) is 26.0. The summed E-state index contributed by atoms with van der Waals surface area (Å²) >= 11 is 0. The van der Waals surface area contributed by atoms with Gasteiger partial charge in [-0.15, -0.1) is 0 Å². The Hall–Kier alpha value is -4.08. The Kier molecular flexibility index (Phi) is 7.95. The number of carbonyl (C=O) groups excluding carboxylic acids is 2. The maximum absolute atomic E-state index is 13.8. The predicted molar refractivity (Wildman–Crippen MR) is 140 cm³/mol. The molecule has 4 rings (SSSR count). The number of nitrogens with zero attached hydrogens (tertiary/aromatic N) is 2. The van der Waals surface area contributed by atoms with Crippen molar-refractivity contribution < 1.29 is 29.7 Å². The van der Waals surface area contributed by atoms with E-state index in [1.54, 1.807) is 34.6 Å². The average molecular weight is 506 g/mol. The van der Waals surface area contributed by atoms with Gasteiger partial charge >= 0.3 is 0 Å². The molecule has 4 N–H and O–H groups in total. The zero-order valence-electron chi connectivity index (χ0n) is 20.8. The van der Waals surface area contributed by atoms with Gasteiger partial charge < -0.3 is 24.7 Å². The molecule has 1 saturated heterocycles. The van der Waals surface area contributed by atoms with Crippen LogP contribution in [0.2, 0.25) is 0 Å². The Bertz CT molecular complexity index is 1250. The molecule has 2 amide bonds.